The van der Waals surface area contributed by atoms with Crippen LogP contribution in [0.1, 0.15) is 6.92 Å². The van der Waals surface area contributed by atoms with Gasteiger partial charge in [-0.2, -0.15) is 0 Å². The molecule has 0 saturated heterocycles. The summed E-state index contributed by atoms with van der Waals surface area (Å²) in [6, 6.07) is -0.604. The molecular weight excluding hydrogens is 110 g/mol. The Kier molecular flexibility index (Phi) is 2.61. The lowest BCUT2D eigenvalue weighted by Gasteiger charge is -1.99. The molecule has 0 bridgehead atoms. The minimum Gasteiger partial charge on any atom is -0.465 e. The minimum absolute atomic E-state index is 0.522. The summed E-state index contributed by atoms with van der Waals surface area (Å²) in [5.41, 5.74) is 0. The number of carbonyl (C=O) groups excluding carboxylic acids is 1. The molecule has 46 valence electrons. The fourth-order valence-electron chi connectivity index (χ4n) is 0.229. The second-order valence-electron chi connectivity index (χ2n) is 1.37. The van der Waals surface area contributed by atoms with Gasteiger partial charge in [-0.1, -0.05) is 0 Å². The van der Waals surface area contributed by atoms with Crippen LogP contribution in [0.2, 0.25) is 0 Å². The number of rotatable bonds is 2. The van der Waals surface area contributed by atoms with Crippen LogP contribution < -0.4 is 5.32 Å². The topological polar surface area (TPSA) is 66.4 Å². The Bertz CT molecular complexity index is 101. The summed E-state index contributed by atoms with van der Waals surface area (Å²) in [6.45, 7) is 1.46. The Morgan fingerprint density at radius 1 is 1.88 bits per heavy atom. The van der Waals surface area contributed by atoms with Gasteiger partial charge in [0.25, 0.3) is 0 Å². The lowest BCUT2D eigenvalue weighted by atomic mass is 10.4. The Hall–Kier alpha value is -1.06. The predicted octanol–water partition coefficient (Wildman–Crippen LogP) is -0.159. The zero-order valence-corrected chi connectivity index (χ0v) is 4.42. The summed E-state index contributed by atoms with van der Waals surface area (Å²) in [7, 11) is 0. The molecule has 0 aromatic rings. The van der Waals surface area contributed by atoms with Gasteiger partial charge in [-0.3, -0.25) is 0 Å². The second-order valence-corrected chi connectivity index (χ2v) is 1.37. The third-order valence-electron chi connectivity index (χ3n) is 0.555. The summed E-state index contributed by atoms with van der Waals surface area (Å²) in [5.74, 6) is 0. The van der Waals surface area contributed by atoms with E-state index in [4.69, 9.17) is 5.11 Å². The van der Waals surface area contributed by atoms with Crippen molar-refractivity contribution in [3.63, 3.8) is 0 Å². The van der Waals surface area contributed by atoms with Gasteiger partial charge in [0.1, 0.15) is 6.29 Å². The number of nitrogens with one attached hydrogen (secondary N) is 1. The molecule has 2 N–H and O–H groups in total. The first kappa shape index (κ1) is 6.94. The van der Waals surface area contributed by atoms with Crippen LogP contribution in [0.25, 0.3) is 0 Å². The van der Waals surface area contributed by atoms with E-state index in [1.54, 1.807) is 0 Å². The molecule has 0 fully saturated rings. The van der Waals surface area contributed by atoms with E-state index in [9.17, 15) is 9.59 Å². The molecule has 0 rings (SSSR count). The average Bonchev–Trinajstić information content (AvgIpc) is 1.65. The molecule has 0 aromatic heterocycles. The smallest absolute Gasteiger partial charge is 0.405 e. The van der Waals surface area contributed by atoms with Crippen LogP contribution in [0.5, 0.6) is 0 Å². The van der Waals surface area contributed by atoms with Gasteiger partial charge in [-0.25, -0.2) is 4.79 Å². The van der Waals surface area contributed by atoms with Gasteiger partial charge in [-0.05, 0) is 6.92 Å². The number of hydrogen-bond donors (Lipinski definition) is 2. The lowest BCUT2D eigenvalue weighted by molar-refractivity contribution is -0.109. The van der Waals surface area contributed by atoms with Crippen LogP contribution in [0.4, 0.5) is 4.79 Å². The SMILES string of the molecule is CC(C=O)NC(=O)O. The molecule has 0 aliphatic rings. The van der Waals surface area contributed by atoms with Gasteiger partial charge in [-0.15, -0.1) is 0 Å². The van der Waals surface area contributed by atoms with Crippen molar-refractivity contribution in [2.75, 3.05) is 0 Å². The van der Waals surface area contributed by atoms with Gasteiger partial charge < -0.3 is 15.2 Å². The molecule has 0 spiro atoms. The van der Waals surface area contributed by atoms with Crippen LogP contribution in [-0.4, -0.2) is 23.5 Å². The first-order chi connectivity index (χ1) is 3.66. The van der Waals surface area contributed by atoms with E-state index in [-0.39, 0.29) is 0 Å². The van der Waals surface area contributed by atoms with Crippen LogP contribution in [-0.2, 0) is 4.79 Å². The second kappa shape index (κ2) is 3.01. The highest BCUT2D eigenvalue weighted by Crippen LogP contribution is 1.70. The maximum absolute atomic E-state index is 9.71. The van der Waals surface area contributed by atoms with Crippen LogP contribution >= 0.6 is 0 Å². The van der Waals surface area contributed by atoms with E-state index < -0.39 is 12.1 Å². The van der Waals surface area contributed by atoms with E-state index in [1.165, 1.54) is 6.92 Å². The Morgan fingerprint density at radius 2 is 2.38 bits per heavy atom. The number of hydrogen-bond acceptors (Lipinski definition) is 2. The predicted molar refractivity (Wildman–Crippen MR) is 26.7 cm³/mol. The van der Waals surface area contributed by atoms with Crippen LogP contribution in [0.15, 0.2) is 0 Å². The van der Waals surface area contributed by atoms with Crippen molar-refractivity contribution in [2.45, 2.75) is 13.0 Å². The van der Waals surface area contributed by atoms with Gasteiger partial charge >= 0.3 is 6.09 Å². The van der Waals surface area contributed by atoms with Crippen molar-refractivity contribution >= 4 is 12.4 Å². The van der Waals surface area contributed by atoms with E-state index >= 15 is 0 Å². The van der Waals surface area contributed by atoms with Crippen molar-refractivity contribution < 1.29 is 14.7 Å². The minimum atomic E-state index is -1.18. The van der Waals surface area contributed by atoms with Gasteiger partial charge in [0.2, 0.25) is 0 Å². The summed E-state index contributed by atoms with van der Waals surface area (Å²) in [5, 5.41) is 9.89. The molecule has 0 radical (unpaired) electrons. The lowest BCUT2D eigenvalue weighted by Crippen LogP contribution is -2.31. The van der Waals surface area contributed by atoms with Gasteiger partial charge in [0.05, 0.1) is 6.04 Å². The highest BCUT2D eigenvalue weighted by molar-refractivity contribution is 5.70. The van der Waals surface area contributed by atoms with Crippen LogP contribution in [0.3, 0.4) is 0 Å². The molecule has 4 heteroatoms. The molecule has 0 saturated carbocycles. The average molecular weight is 117 g/mol. The molecule has 0 aliphatic heterocycles. The third kappa shape index (κ3) is 3.14. The van der Waals surface area contributed by atoms with E-state index in [2.05, 4.69) is 0 Å². The zero-order valence-electron chi connectivity index (χ0n) is 4.42. The van der Waals surface area contributed by atoms with E-state index in [0.717, 1.165) is 0 Å². The van der Waals surface area contributed by atoms with E-state index in [1.807, 2.05) is 5.32 Å². The fraction of sp³-hybridized carbons (Fsp3) is 0.500. The molecule has 0 heterocycles. The quantitative estimate of drug-likeness (QED) is 0.494. The summed E-state index contributed by atoms with van der Waals surface area (Å²) < 4.78 is 0. The summed E-state index contributed by atoms with van der Waals surface area (Å²) in [4.78, 5) is 19.4. The fourth-order valence-corrected chi connectivity index (χ4v) is 0.229. The Balaban J connectivity index is 3.38. The monoisotopic (exact) mass is 117 g/mol. The summed E-state index contributed by atoms with van der Waals surface area (Å²) in [6.07, 6.45) is -0.654. The van der Waals surface area contributed by atoms with Crippen LogP contribution in [0, 0.1) is 0 Å². The molecule has 0 aliphatic carbocycles. The van der Waals surface area contributed by atoms with Crippen molar-refractivity contribution in [3.8, 4) is 0 Å². The maximum atomic E-state index is 9.71. The number of carbonyl (C=O) groups is 2. The van der Waals surface area contributed by atoms with Crippen molar-refractivity contribution in [2.24, 2.45) is 0 Å². The van der Waals surface area contributed by atoms with Crippen molar-refractivity contribution in [3.05, 3.63) is 0 Å². The van der Waals surface area contributed by atoms with Crippen molar-refractivity contribution in [1.82, 2.24) is 5.32 Å². The molecule has 1 unspecified atom stereocenters. The molecule has 0 aromatic carbocycles. The van der Waals surface area contributed by atoms with Gasteiger partial charge in [0.15, 0.2) is 0 Å². The molecular formula is C4H7NO3. The highest BCUT2D eigenvalue weighted by Gasteiger charge is 1.99. The highest BCUT2D eigenvalue weighted by atomic mass is 16.4. The van der Waals surface area contributed by atoms with Gasteiger partial charge in [0, 0.05) is 0 Å². The Labute approximate surface area is 46.5 Å². The number of carboxylic acid groups (broad SMARTS) is 1. The molecule has 4 nitrogen and oxygen atoms in total. The summed E-state index contributed by atoms with van der Waals surface area (Å²) >= 11 is 0. The molecule has 1 atom stereocenters. The zero-order chi connectivity index (χ0) is 6.57. The first-order valence-corrected chi connectivity index (χ1v) is 2.11. The number of aldehydes is 1. The maximum Gasteiger partial charge on any atom is 0.405 e. The molecule has 8 heavy (non-hydrogen) atoms. The largest absolute Gasteiger partial charge is 0.465 e. The van der Waals surface area contributed by atoms with E-state index in [0.29, 0.717) is 6.29 Å². The first-order valence-electron chi connectivity index (χ1n) is 2.11. The Morgan fingerprint density at radius 3 is 2.50 bits per heavy atom. The third-order valence-corrected chi connectivity index (χ3v) is 0.555. The normalized spacial score (nSPS) is 12.1. The van der Waals surface area contributed by atoms with Crippen molar-refractivity contribution in [1.29, 1.82) is 0 Å². The number of amides is 1. The standard InChI is InChI=1S/C4H7NO3/c1-3(2-6)5-4(7)8/h2-3,5H,1H3,(H,7,8). The molecule has 1 amide bonds.